The molecule has 0 unspecified atom stereocenters. The molecule has 2 N–H and O–H groups in total. The van der Waals surface area contributed by atoms with Crippen LogP contribution in [0.5, 0.6) is 11.5 Å². The van der Waals surface area contributed by atoms with Crippen LogP contribution in [0.25, 0.3) is 6.08 Å². The maximum atomic E-state index is 12.6. The zero-order valence-corrected chi connectivity index (χ0v) is 14.4. The summed E-state index contributed by atoms with van der Waals surface area (Å²) in [6.45, 7) is 1.44. The summed E-state index contributed by atoms with van der Waals surface area (Å²) in [5, 5.41) is 5.50. The quantitative estimate of drug-likeness (QED) is 0.884. The van der Waals surface area contributed by atoms with E-state index in [4.69, 9.17) is 9.47 Å². The molecule has 6 nitrogen and oxygen atoms in total. The predicted molar refractivity (Wildman–Crippen MR) is 100 cm³/mol. The number of amides is 2. The van der Waals surface area contributed by atoms with Crippen molar-refractivity contribution in [3.8, 4) is 11.5 Å². The van der Waals surface area contributed by atoms with E-state index in [0.717, 1.165) is 5.56 Å². The van der Waals surface area contributed by atoms with Crippen molar-refractivity contribution >= 4 is 29.3 Å². The highest BCUT2D eigenvalue weighted by molar-refractivity contribution is 6.09. The second kappa shape index (κ2) is 7.57. The Hall–Kier alpha value is -3.54. The van der Waals surface area contributed by atoms with Crippen LogP contribution in [-0.4, -0.2) is 18.9 Å². The van der Waals surface area contributed by atoms with Gasteiger partial charge in [0.25, 0.3) is 5.91 Å². The summed E-state index contributed by atoms with van der Waals surface area (Å²) in [5.74, 6) is 0.903. The van der Waals surface area contributed by atoms with E-state index in [1.165, 1.54) is 13.2 Å². The van der Waals surface area contributed by atoms with Crippen LogP contribution < -0.4 is 20.1 Å². The van der Waals surface area contributed by atoms with Crippen molar-refractivity contribution in [2.24, 2.45) is 0 Å². The van der Waals surface area contributed by atoms with E-state index in [1.54, 1.807) is 61.7 Å². The van der Waals surface area contributed by atoms with Crippen LogP contribution in [0.3, 0.4) is 0 Å². The number of fused-ring (bicyclic) bond motifs is 1. The molecule has 3 rings (SSSR count). The van der Waals surface area contributed by atoms with Crippen molar-refractivity contribution in [3.63, 3.8) is 0 Å². The molecule has 0 bridgehead atoms. The van der Waals surface area contributed by atoms with Gasteiger partial charge < -0.3 is 20.1 Å². The summed E-state index contributed by atoms with van der Waals surface area (Å²) < 4.78 is 10.7. The smallest absolute Gasteiger partial charge is 0.255 e. The number of methoxy groups -OCH3 is 1. The van der Waals surface area contributed by atoms with Gasteiger partial charge in [0.2, 0.25) is 5.91 Å². The standard InChI is InChI=1S/C20H18N2O4/c1-13(23)21-16-3-5-17(6-4-16)22-20(24)14-9-10-26-19-8-7-18(25-2)12-15(19)11-14/h3-12H,1-2H3,(H,21,23)(H,22,24). The maximum absolute atomic E-state index is 12.6. The van der Waals surface area contributed by atoms with Gasteiger partial charge in [-0.25, -0.2) is 0 Å². The largest absolute Gasteiger partial charge is 0.497 e. The Balaban J connectivity index is 1.78. The Morgan fingerprint density at radius 3 is 2.35 bits per heavy atom. The number of anilines is 2. The van der Waals surface area contributed by atoms with Gasteiger partial charge in [0, 0.05) is 29.4 Å². The van der Waals surface area contributed by atoms with E-state index in [-0.39, 0.29) is 11.8 Å². The number of carbonyl (C=O) groups is 2. The SMILES string of the molecule is COc1ccc2c(c1)C=C(C(=O)Nc1ccc(NC(C)=O)cc1)C=CO2. The van der Waals surface area contributed by atoms with Gasteiger partial charge in [0.1, 0.15) is 11.5 Å². The molecule has 2 aromatic carbocycles. The van der Waals surface area contributed by atoms with Crippen molar-refractivity contribution < 1.29 is 19.1 Å². The van der Waals surface area contributed by atoms with Gasteiger partial charge >= 0.3 is 0 Å². The Bertz CT molecular complexity index is 899. The molecule has 132 valence electrons. The summed E-state index contributed by atoms with van der Waals surface area (Å²) in [7, 11) is 1.58. The van der Waals surface area contributed by atoms with Crippen molar-refractivity contribution in [3.05, 3.63) is 65.9 Å². The number of rotatable bonds is 4. The van der Waals surface area contributed by atoms with Crippen LogP contribution in [0, 0.1) is 0 Å². The Labute approximate surface area is 151 Å². The molecule has 0 spiro atoms. The molecular weight excluding hydrogens is 332 g/mol. The molecule has 0 radical (unpaired) electrons. The van der Waals surface area contributed by atoms with Gasteiger partial charge in [-0.1, -0.05) is 0 Å². The first-order valence-electron chi connectivity index (χ1n) is 7.97. The highest BCUT2D eigenvalue weighted by atomic mass is 16.5. The molecule has 1 heterocycles. The normalized spacial score (nSPS) is 12.2. The lowest BCUT2D eigenvalue weighted by Gasteiger charge is -2.08. The number of hydrogen-bond donors (Lipinski definition) is 2. The highest BCUT2D eigenvalue weighted by Crippen LogP contribution is 2.29. The fourth-order valence-electron chi connectivity index (χ4n) is 2.45. The zero-order chi connectivity index (χ0) is 18.5. The third-order valence-corrected chi connectivity index (χ3v) is 3.70. The summed E-state index contributed by atoms with van der Waals surface area (Å²) in [4.78, 5) is 23.6. The first-order valence-corrected chi connectivity index (χ1v) is 7.97. The third-order valence-electron chi connectivity index (χ3n) is 3.70. The minimum absolute atomic E-state index is 0.148. The van der Waals surface area contributed by atoms with Gasteiger partial charge in [-0.05, 0) is 54.6 Å². The van der Waals surface area contributed by atoms with Gasteiger partial charge in [-0.15, -0.1) is 0 Å². The van der Waals surface area contributed by atoms with Gasteiger partial charge in [0.05, 0.1) is 13.4 Å². The van der Waals surface area contributed by atoms with E-state index in [0.29, 0.717) is 28.4 Å². The first-order chi connectivity index (χ1) is 12.5. The maximum Gasteiger partial charge on any atom is 0.255 e. The lowest BCUT2D eigenvalue weighted by molar-refractivity contribution is -0.114. The summed E-state index contributed by atoms with van der Waals surface area (Å²) >= 11 is 0. The summed E-state index contributed by atoms with van der Waals surface area (Å²) in [6, 6.07) is 12.3. The molecule has 0 atom stereocenters. The molecule has 0 aromatic heterocycles. The average molecular weight is 350 g/mol. The van der Waals surface area contributed by atoms with Crippen LogP contribution >= 0.6 is 0 Å². The fraction of sp³-hybridized carbons (Fsp3) is 0.100. The second-order valence-corrected chi connectivity index (χ2v) is 5.64. The fourth-order valence-corrected chi connectivity index (χ4v) is 2.45. The van der Waals surface area contributed by atoms with Crippen LogP contribution in [0.4, 0.5) is 11.4 Å². The van der Waals surface area contributed by atoms with Crippen molar-refractivity contribution in [2.45, 2.75) is 6.92 Å². The molecule has 6 heteroatoms. The molecule has 0 aliphatic carbocycles. The van der Waals surface area contributed by atoms with E-state index in [9.17, 15) is 9.59 Å². The van der Waals surface area contributed by atoms with Crippen LogP contribution in [0.15, 0.2) is 60.4 Å². The molecule has 0 saturated carbocycles. The Morgan fingerprint density at radius 1 is 1.00 bits per heavy atom. The van der Waals surface area contributed by atoms with Gasteiger partial charge in [0.15, 0.2) is 0 Å². The second-order valence-electron chi connectivity index (χ2n) is 5.64. The number of benzene rings is 2. The van der Waals surface area contributed by atoms with Crippen molar-refractivity contribution in [2.75, 3.05) is 17.7 Å². The molecule has 2 aromatic rings. The number of nitrogens with one attached hydrogen (secondary N) is 2. The lowest BCUT2D eigenvalue weighted by Crippen LogP contribution is -2.13. The molecule has 0 fully saturated rings. The minimum atomic E-state index is -0.271. The molecule has 0 saturated heterocycles. The zero-order valence-electron chi connectivity index (χ0n) is 14.4. The molecule has 26 heavy (non-hydrogen) atoms. The molecule has 1 aliphatic heterocycles. The lowest BCUT2D eigenvalue weighted by atomic mass is 10.1. The monoisotopic (exact) mass is 350 g/mol. The van der Waals surface area contributed by atoms with Crippen molar-refractivity contribution in [1.82, 2.24) is 0 Å². The average Bonchev–Trinajstić information content (AvgIpc) is 2.84. The first kappa shape index (κ1) is 17.3. The number of carbonyl (C=O) groups excluding carboxylic acids is 2. The molecule has 1 aliphatic rings. The Kier molecular flexibility index (Phi) is 5.03. The molecular formula is C20H18N2O4. The topological polar surface area (TPSA) is 76.7 Å². The third kappa shape index (κ3) is 4.10. The molecule has 2 amide bonds. The van der Waals surface area contributed by atoms with Crippen molar-refractivity contribution in [1.29, 1.82) is 0 Å². The van der Waals surface area contributed by atoms with Crippen LogP contribution in [-0.2, 0) is 9.59 Å². The van der Waals surface area contributed by atoms with Gasteiger partial charge in [-0.2, -0.15) is 0 Å². The van der Waals surface area contributed by atoms with E-state index >= 15 is 0 Å². The van der Waals surface area contributed by atoms with E-state index in [2.05, 4.69) is 10.6 Å². The Morgan fingerprint density at radius 2 is 1.69 bits per heavy atom. The van der Waals surface area contributed by atoms with Crippen LogP contribution in [0.1, 0.15) is 12.5 Å². The number of ether oxygens (including phenoxy) is 2. The van der Waals surface area contributed by atoms with Gasteiger partial charge in [-0.3, -0.25) is 9.59 Å². The number of hydrogen-bond acceptors (Lipinski definition) is 4. The van der Waals surface area contributed by atoms with E-state index in [1.807, 2.05) is 0 Å². The van der Waals surface area contributed by atoms with E-state index < -0.39 is 0 Å². The van der Waals surface area contributed by atoms with Crippen LogP contribution in [0.2, 0.25) is 0 Å². The minimum Gasteiger partial charge on any atom is -0.497 e. The highest BCUT2D eigenvalue weighted by Gasteiger charge is 2.13. The summed E-state index contributed by atoms with van der Waals surface area (Å²) in [6.07, 6.45) is 4.82. The predicted octanol–water partition coefficient (Wildman–Crippen LogP) is 3.58. The summed E-state index contributed by atoms with van der Waals surface area (Å²) in [5.41, 5.74) is 2.48.